The fourth-order valence-corrected chi connectivity index (χ4v) is 4.18. The summed E-state index contributed by atoms with van der Waals surface area (Å²) in [6.45, 7) is 4.19. The van der Waals surface area contributed by atoms with Gasteiger partial charge in [0.15, 0.2) is 0 Å². The summed E-state index contributed by atoms with van der Waals surface area (Å²) in [5.41, 5.74) is -0.158. The Morgan fingerprint density at radius 1 is 1.15 bits per heavy atom. The second kappa shape index (κ2) is 8.15. The van der Waals surface area contributed by atoms with Gasteiger partial charge in [-0.25, -0.2) is 0 Å². The van der Waals surface area contributed by atoms with Gasteiger partial charge in [0.05, 0.1) is 5.60 Å². The van der Waals surface area contributed by atoms with Crippen LogP contribution in [0.2, 0.25) is 0 Å². The van der Waals surface area contributed by atoms with E-state index >= 15 is 0 Å². The average Bonchev–Trinajstić information content (AvgIpc) is 2.60. The molecule has 7 heteroatoms. The fraction of sp³-hybridized carbons (Fsp3) is 0.684. The zero-order chi connectivity index (χ0) is 18.6. The van der Waals surface area contributed by atoms with Crippen molar-refractivity contribution in [2.45, 2.75) is 50.0 Å². The Morgan fingerprint density at radius 3 is 2.50 bits per heavy atom. The van der Waals surface area contributed by atoms with Crippen molar-refractivity contribution in [2.24, 2.45) is 0 Å². The largest absolute Gasteiger partial charge is 0.573 e. The first-order chi connectivity index (χ1) is 12.4. The second-order valence-electron chi connectivity index (χ2n) is 7.39. The van der Waals surface area contributed by atoms with E-state index in [1.807, 2.05) is 6.07 Å². The third-order valence-corrected chi connectivity index (χ3v) is 5.51. The molecular weight excluding hydrogens is 345 g/mol. The van der Waals surface area contributed by atoms with Gasteiger partial charge in [0.2, 0.25) is 0 Å². The van der Waals surface area contributed by atoms with E-state index in [9.17, 15) is 18.3 Å². The summed E-state index contributed by atoms with van der Waals surface area (Å²) in [7, 11) is 0. The van der Waals surface area contributed by atoms with Crippen molar-refractivity contribution in [3.05, 3.63) is 29.8 Å². The highest BCUT2D eigenvalue weighted by molar-refractivity contribution is 5.33. The number of rotatable bonds is 5. The molecule has 1 atom stereocenters. The summed E-state index contributed by atoms with van der Waals surface area (Å²) in [5, 5.41) is 14.6. The maximum atomic E-state index is 12.6. The highest BCUT2D eigenvalue weighted by atomic mass is 19.4. The topological polar surface area (TPSA) is 44.7 Å². The SMILES string of the molecule is OC1([C@@H](CN2CCNCC2)c2cccc(OC(F)(F)F)c2)CCCCC1. The minimum Gasteiger partial charge on any atom is -0.406 e. The van der Waals surface area contributed by atoms with Crippen LogP contribution in [-0.2, 0) is 0 Å². The predicted molar refractivity (Wildman–Crippen MR) is 93.2 cm³/mol. The van der Waals surface area contributed by atoms with Crippen molar-refractivity contribution in [3.8, 4) is 5.75 Å². The number of piperazine rings is 1. The molecule has 26 heavy (non-hydrogen) atoms. The number of nitrogens with zero attached hydrogens (tertiary/aromatic N) is 1. The number of nitrogens with one attached hydrogen (secondary N) is 1. The van der Waals surface area contributed by atoms with E-state index < -0.39 is 12.0 Å². The molecule has 0 radical (unpaired) electrons. The van der Waals surface area contributed by atoms with Crippen molar-refractivity contribution in [2.75, 3.05) is 32.7 Å². The lowest BCUT2D eigenvalue weighted by Gasteiger charge is -2.42. The van der Waals surface area contributed by atoms with Crippen molar-refractivity contribution < 1.29 is 23.0 Å². The molecule has 1 heterocycles. The van der Waals surface area contributed by atoms with Gasteiger partial charge >= 0.3 is 6.36 Å². The second-order valence-corrected chi connectivity index (χ2v) is 7.39. The summed E-state index contributed by atoms with van der Waals surface area (Å²) in [6, 6.07) is 6.13. The van der Waals surface area contributed by atoms with E-state index in [0.717, 1.165) is 51.0 Å². The Morgan fingerprint density at radius 2 is 1.85 bits per heavy atom. The molecule has 4 nitrogen and oxygen atoms in total. The van der Waals surface area contributed by atoms with E-state index in [-0.39, 0.29) is 11.7 Å². The summed E-state index contributed by atoms with van der Waals surface area (Å²) in [4.78, 5) is 2.28. The van der Waals surface area contributed by atoms with E-state index in [0.29, 0.717) is 19.4 Å². The van der Waals surface area contributed by atoms with E-state index in [4.69, 9.17) is 0 Å². The molecule has 2 fully saturated rings. The maximum absolute atomic E-state index is 12.6. The Labute approximate surface area is 152 Å². The third-order valence-electron chi connectivity index (χ3n) is 5.51. The Bertz CT molecular complexity index is 582. The van der Waals surface area contributed by atoms with Crippen LogP contribution in [0.3, 0.4) is 0 Å². The number of aliphatic hydroxyl groups is 1. The van der Waals surface area contributed by atoms with Crippen LogP contribution in [0.4, 0.5) is 13.2 Å². The van der Waals surface area contributed by atoms with Crippen molar-refractivity contribution in [3.63, 3.8) is 0 Å². The van der Waals surface area contributed by atoms with Crippen LogP contribution < -0.4 is 10.1 Å². The summed E-state index contributed by atoms with van der Waals surface area (Å²) < 4.78 is 41.9. The average molecular weight is 372 g/mol. The zero-order valence-electron chi connectivity index (χ0n) is 14.9. The van der Waals surface area contributed by atoms with Crippen LogP contribution in [0, 0.1) is 0 Å². The van der Waals surface area contributed by atoms with Crippen LogP contribution in [0.1, 0.15) is 43.6 Å². The number of benzene rings is 1. The van der Waals surface area contributed by atoms with Gasteiger partial charge in [-0.15, -0.1) is 13.2 Å². The molecule has 2 N–H and O–H groups in total. The molecule has 1 saturated carbocycles. The molecule has 0 aromatic heterocycles. The van der Waals surface area contributed by atoms with Crippen LogP contribution in [0.25, 0.3) is 0 Å². The molecule has 2 aliphatic rings. The number of hydrogen-bond acceptors (Lipinski definition) is 4. The van der Waals surface area contributed by atoms with Gasteiger partial charge < -0.3 is 20.1 Å². The number of ether oxygens (including phenoxy) is 1. The maximum Gasteiger partial charge on any atom is 0.573 e. The van der Waals surface area contributed by atoms with Crippen molar-refractivity contribution >= 4 is 0 Å². The molecule has 3 rings (SSSR count). The normalized spacial score (nSPS) is 22.8. The quantitative estimate of drug-likeness (QED) is 0.833. The van der Waals surface area contributed by atoms with Gasteiger partial charge in [0.25, 0.3) is 0 Å². The molecule has 0 unspecified atom stereocenters. The van der Waals surface area contributed by atoms with E-state index in [2.05, 4.69) is 15.0 Å². The predicted octanol–water partition coefficient (Wildman–Crippen LogP) is 3.27. The summed E-state index contributed by atoms with van der Waals surface area (Å²) >= 11 is 0. The first-order valence-electron chi connectivity index (χ1n) is 9.37. The first-order valence-corrected chi connectivity index (χ1v) is 9.37. The van der Waals surface area contributed by atoms with Gasteiger partial charge in [-0.3, -0.25) is 0 Å². The molecule has 0 amide bonds. The van der Waals surface area contributed by atoms with Crippen LogP contribution >= 0.6 is 0 Å². The number of hydrogen-bond donors (Lipinski definition) is 2. The molecule has 1 saturated heterocycles. The lowest BCUT2D eigenvalue weighted by atomic mass is 9.72. The highest BCUT2D eigenvalue weighted by Gasteiger charge is 2.40. The Balaban J connectivity index is 1.85. The van der Waals surface area contributed by atoms with Crippen LogP contribution in [0.5, 0.6) is 5.75 Å². The molecule has 1 aliphatic carbocycles. The van der Waals surface area contributed by atoms with Crippen molar-refractivity contribution in [1.82, 2.24) is 10.2 Å². The smallest absolute Gasteiger partial charge is 0.406 e. The number of halogens is 3. The molecule has 1 aromatic rings. The molecule has 0 spiro atoms. The van der Waals surface area contributed by atoms with Gasteiger partial charge in [-0.05, 0) is 30.5 Å². The van der Waals surface area contributed by atoms with Crippen molar-refractivity contribution in [1.29, 1.82) is 0 Å². The summed E-state index contributed by atoms with van der Waals surface area (Å²) in [6.07, 6.45) is -0.336. The van der Waals surface area contributed by atoms with Crippen LogP contribution in [-0.4, -0.2) is 54.7 Å². The first kappa shape index (κ1) is 19.5. The zero-order valence-corrected chi connectivity index (χ0v) is 14.9. The minimum atomic E-state index is -4.71. The van der Waals surface area contributed by atoms with Gasteiger partial charge in [-0.1, -0.05) is 31.4 Å². The molecule has 1 aromatic carbocycles. The molecule has 146 valence electrons. The van der Waals surface area contributed by atoms with Gasteiger partial charge in [-0.2, -0.15) is 0 Å². The standard InChI is InChI=1S/C19H27F3N2O2/c20-19(21,22)26-16-6-4-5-15(13-16)17(14-24-11-9-23-10-12-24)18(25)7-2-1-3-8-18/h4-6,13,17,23,25H,1-3,7-12,14H2/t17-/m0/s1. The Kier molecular flexibility index (Phi) is 6.10. The lowest BCUT2D eigenvalue weighted by molar-refractivity contribution is -0.274. The summed E-state index contributed by atoms with van der Waals surface area (Å²) in [5.74, 6) is -0.447. The van der Waals surface area contributed by atoms with Gasteiger partial charge in [0, 0.05) is 38.6 Å². The third kappa shape index (κ3) is 5.11. The fourth-order valence-electron chi connectivity index (χ4n) is 4.18. The monoisotopic (exact) mass is 372 g/mol. The molecular formula is C19H27F3N2O2. The molecule has 0 bridgehead atoms. The highest BCUT2D eigenvalue weighted by Crippen LogP contribution is 2.41. The molecule has 1 aliphatic heterocycles. The number of alkyl halides is 3. The van der Waals surface area contributed by atoms with E-state index in [1.54, 1.807) is 6.07 Å². The van der Waals surface area contributed by atoms with E-state index in [1.165, 1.54) is 12.1 Å². The lowest BCUT2D eigenvalue weighted by Crippen LogP contribution is -2.49. The minimum absolute atomic E-state index is 0.222. The van der Waals surface area contributed by atoms with Gasteiger partial charge in [0.1, 0.15) is 5.75 Å². The Hall–Kier alpha value is -1.31. The van der Waals surface area contributed by atoms with Crippen LogP contribution in [0.15, 0.2) is 24.3 Å².